The SMILES string of the molecule is O=C(COc1ccc(F)cc1)Nc1nc2ccccc2n1CCN1CCOCC1. The molecule has 2 aromatic carbocycles. The number of hydrogen-bond acceptors (Lipinski definition) is 5. The van der Waals surface area contributed by atoms with Crippen molar-refractivity contribution in [3.63, 3.8) is 0 Å². The first kappa shape index (κ1) is 19.4. The molecule has 1 N–H and O–H groups in total. The molecule has 1 aliphatic rings. The van der Waals surface area contributed by atoms with Crippen molar-refractivity contribution < 1.29 is 18.7 Å². The highest BCUT2D eigenvalue weighted by molar-refractivity contribution is 5.92. The Bertz CT molecular complexity index is 968. The van der Waals surface area contributed by atoms with Crippen LogP contribution in [0.25, 0.3) is 11.0 Å². The second-order valence-electron chi connectivity index (χ2n) is 6.82. The molecular weight excluding hydrogens is 375 g/mol. The van der Waals surface area contributed by atoms with Crippen molar-refractivity contribution in [1.82, 2.24) is 14.5 Å². The zero-order valence-electron chi connectivity index (χ0n) is 16.0. The van der Waals surface area contributed by atoms with E-state index in [1.165, 1.54) is 24.3 Å². The molecule has 29 heavy (non-hydrogen) atoms. The number of para-hydroxylation sites is 2. The Kier molecular flexibility index (Phi) is 6.02. The van der Waals surface area contributed by atoms with Gasteiger partial charge in [0.2, 0.25) is 5.95 Å². The number of morpholine rings is 1. The fourth-order valence-corrected chi connectivity index (χ4v) is 3.30. The first-order valence-corrected chi connectivity index (χ1v) is 9.62. The molecular formula is C21H23FN4O3. The Balaban J connectivity index is 1.43. The van der Waals surface area contributed by atoms with E-state index in [0.29, 0.717) is 18.2 Å². The number of rotatable bonds is 7. The lowest BCUT2D eigenvalue weighted by molar-refractivity contribution is -0.118. The summed E-state index contributed by atoms with van der Waals surface area (Å²) < 4.78 is 25.8. The maximum absolute atomic E-state index is 13.0. The summed E-state index contributed by atoms with van der Waals surface area (Å²) in [5.74, 6) is 0.252. The zero-order valence-corrected chi connectivity index (χ0v) is 16.0. The van der Waals surface area contributed by atoms with Gasteiger partial charge in [-0.05, 0) is 36.4 Å². The van der Waals surface area contributed by atoms with E-state index >= 15 is 0 Å². The maximum Gasteiger partial charge on any atom is 0.264 e. The fraction of sp³-hybridized carbons (Fsp3) is 0.333. The van der Waals surface area contributed by atoms with E-state index in [4.69, 9.17) is 9.47 Å². The van der Waals surface area contributed by atoms with Gasteiger partial charge in [0.25, 0.3) is 5.91 Å². The Labute approximate surface area is 168 Å². The number of carbonyl (C=O) groups excluding carboxylic acids is 1. The summed E-state index contributed by atoms with van der Waals surface area (Å²) in [5, 5.41) is 2.84. The number of imidazole rings is 1. The average Bonchev–Trinajstić information content (AvgIpc) is 3.09. The molecule has 0 unspecified atom stereocenters. The molecule has 0 radical (unpaired) electrons. The van der Waals surface area contributed by atoms with E-state index in [1.807, 2.05) is 28.8 Å². The maximum atomic E-state index is 13.0. The molecule has 8 heteroatoms. The Hall–Kier alpha value is -2.97. The van der Waals surface area contributed by atoms with Gasteiger partial charge in [-0.2, -0.15) is 0 Å². The van der Waals surface area contributed by atoms with Gasteiger partial charge in [0.15, 0.2) is 6.61 Å². The van der Waals surface area contributed by atoms with Crippen LogP contribution in [0.1, 0.15) is 0 Å². The molecule has 7 nitrogen and oxygen atoms in total. The highest BCUT2D eigenvalue weighted by atomic mass is 19.1. The van der Waals surface area contributed by atoms with E-state index in [0.717, 1.165) is 43.9 Å². The molecule has 1 aromatic heterocycles. The van der Waals surface area contributed by atoms with Gasteiger partial charge in [-0.3, -0.25) is 15.0 Å². The van der Waals surface area contributed by atoms with E-state index in [2.05, 4.69) is 15.2 Å². The minimum Gasteiger partial charge on any atom is -0.484 e. The molecule has 0 bridgehead atoms. The molecule has 1 saturated heterocycles. The van der Waals surface area contributed by atoms with E-state index in [9.17, 15) is 9.18 Å². The Morgan fingerprint density at radius 2 is 1.86 bits per heavy atom. The van der Waals surface area contributed by atoms with Crippen LogP contribution < -0.4 is 10.1 Å². The third kappa shape index (κ3) is 4.90. The number of ether oxygens (including phenoxy) is 2. The molecule has 2 heterocycles. The predicted molar refractivity (Wildman–Crippen MR) is 108 cm³/mol. The van der Waals surface area contributed by atoms with Gasteiger partial charge in [0.05, 0.1) is 24.2 Å². The quantitative estimate of drug-likeness (QED) is 0.662. The molecule has 152 valence electrons. The first-order valence-electron chi connectivity index (χ1n) is 9.62. The molecule has 0 saturated carbocycles. The minimum atomic E-state index is -0.351. The second kappa shape index (κ2) is 9.02. The lowest BCUT2D eigenvalue weighted by atomic mass is 10.3. The number of nitrogens with zero attached hydrogens (tertiary/aromatic N) is 3. The summed E-state index contributed by atoms with van der Waals surface area (Å²) >= 11 is 0. The molecule has 1 amide bonds. The van der Waals surface area contributed by atoms with Crippen LogP contribution in [0.4, 0.5) is 10.3 Å². The van der Waals surface area contributed by atoms with Crippen LogP contribution in [-0.4, -0.2) is 59.8 Å². The van der Waals surface area contributed by atoms with E-state index < -0.39 is 0 Å². The van der Waals surface area contributed by atoms with Crippen molar-refractivity contribution in [3.8, 4) is 5.75 Å². The first-order chi connectivity index (χ1) is 14.2. The summed E-state index contributed by atoms with van der Waals surface area (Å²) in [5.41, 5.74) is 1.79. The Morgan fingerprint density at radius 3 is 2.66 bits per heavy atom. The van der Waals surface area contributed by atoms with Crippen LogP contribution in [0.2, 0.25) is 0 Å². The average molecular weight is 398 g/mol. The molecule has 1 aliphatic heterocycles. The molecule has 3 aromatic rings. The van der Waals surface area contributed by atoms with Crippen LogP contribution in [0.5, 0.6) is 5.75 Å². The van der Waals surface area contributed by atoms with Crippen molar-refractivity contribution in [2.75, 3.05) is 44.8 Å². The highest BCUT2D eigenvalue weighted by Crippen LogP contribution is 2.20. The molecule has 0 atom stereocenters. The van der Waals surface area contributed by atoms with Crippen molar-refractivity contribution in [2.45, 2.75) is 6.54 Å². The fourth-order valence-electron chi connectivity index (χ4n) is 3.30. The number of aromatic nitrogens is 2. The number of anilines is 1. The van der Waals surface area contributed by atoms with Crippen molar-refractivity contribution >= 4 is 22.9 Å². The standard InChI is InChI=1S/C21H23FN4O3/c22-16-5-7-17(8-6-16)29-15-20(27)24-21-23-18-3-1-2-4-19(18)26(21)10-9-25-11-13-28-14-12-25/h1-8H,9-15H2,(H,23,24,27). The van der Waals surface area contributed by atoms with Gasteiger partial charge < -0.3 is 14.0 Å². The summed E-state index contributed by atoms with van der Waals surface area (Å²) in [6, 6.07) is 13.3. The van der Waals surface area contributed by atoms with Gasteiger partial charge in [-0.25, -0.2) is 9.37 Å². The summed E-state index contributed by atoms with van der Waals surface area (Å²) in [6.07, 6.45) is 0. The zero-order chi connectivity index (χ0) is 20.1. The summed E-state index contributed by atoms with van der Waals surface area (Å²) in [4.78, 5) is 19.3. The van der Waals surface area contributed by atoms with Crippen LogP contribution >= 0.6 is 0 Å². The topological polar surface area (TPSA) is 68.6 Å². The lowest BCUT2D eigenvalue weighted by Crippen LogP contribution is -2.38. The van der Waals surface area contributed by atoms with Gasteiger partial charge in [-0.15, -0.1) is 0 Å². The number of amides is 1. The van der Waals surface area contributed by atoms with Crippen molar-refractivity contribution in [2.24, 2.45) is 0 Å². The summed E-state index contributed by atoms with van der Waals surface area (Å²) in [7, 11) is 0. The van der Waals surface area contributed by atoms with Crippen LogP contribution in [0.3, 0.4) is 0 Å². The number of hydrogen-bond donors (Lipinski definition) is 1. The van der Waals surface area contributed by atoms with Crippen molar-refractivity contribution in [3.05, 3.63) is 54.3 Å². The minimum absolute atomic E-state index is 0.182. The number of nitrogens with one attached hydrogen (secondary N) is 1. The highest BCUT2D eigenvalue weighted by Gasteiger charge is 2.16. The van der Waals surface area contributed by atoms with Crippen molar-refractivity contribution in [1.29, 1.82) is 0 Å². The monoisotopic (exact) mass is 398 g/mol. The second-order valence-corrected chi connectivity index (χ2v) is 6.82. The van der Waals surface area contributed by atoms with Crippen LogP contribution in [0, 0.1) is 5.82 Å². The van der Waals surface area contributed by atoms with E-state index in [1.54, 1.807) is 0 Å². The number of halogens is 1. The van der Waals surface area contributed by atoms with Gasteiger partial charge in [0.1, 0.15) is 11.6 Å². The number of benzene rings is 2. The van der Waals surface area contributed by atoms with Crippen LogP contribution in [-0.2, 0) is 16.1 Å². The molecule has 0 aliphatic carbocycles. The largest absolute Gasteiger partial charge is 0.484 e. The number of carbonyl (C=O) groups is 1. The molecule has 1 fully saturated rings. The summed E-state index contributed by atoms with van der Waals surface area (Å²) in [6.45, 7) is 4.66. The Morgan fingerprint density at radius 1 is 1.10 bits per heavy atom. The van der Waals surface area contributed by atoms with Gasteiger partial charge in [0, 0.05) is 26.2 Å². The van der Waals surface area contributed by atoms with Gasteiger partial charge >= 0.3 is 0 Å². The smallest absolute Gasteiger partial charge is 0.264 e. The lowest BCUT2D eigenvalue weighted by Gasteiger charge is -2.26. The van der Waals surface area contributed by atoms with Crippen LogP contribution in [0.15, 0.2) is 48.5 Å². The molecule has 4 rings (SSSR count). The van der Waals surface area contributed by atoms with E-state index in [-0.39, 0.29) is 18.3 Å². The normalized spacial score (nSPS) is 14.8. The predicted octanol–water partition coefficient (Wildman–Crippen LogP) is 2.53. The third-order valence-electron chi connectivity index (χ3n) is 4.83. The van der Waals surface area contributed by atoms with Gasteiger partial charge in [-0.1, -0.05) is 12.1 Å². The third-order valence-corrected chi connectivity index (χ3v) is 4.83. The molecule has 0 spiro atoms. The number of fused-ring (bicyclic) bond motifs is 1.